The lowest BCUT2D eigenvalue weighted by Crippen LogP contribution is -1.98. The normalized spacial score (nSPS) is 11.1. The van der Waals surface area contributed by atoms with Crippen LogP contribution >= 0.6 is 0 Å². The fraction of sp³-hybridized carbons (Fsp3) is 0.118. The Morgan fingerprint density at radius 3 is 2.37 bits per heavy atom. The quantitative estimate of drug-likeness (QED) is 0.653. The fourth-order valence-electron chi connectivity index (χ4n) is 2.76. The highest BCUT2D eigenvalue weighted by atomic mass is 16.4. The van der Waals surface area contributed by atoms with Crippen LogP contribution in [0, 0.1) is 13.8 Å². The lowest BCUT2D eigenvalue weighted by atomic mass is 9.93. The molecule has 2 heteroatoms. The molecule has 0 fully saturated rings. The van der Waals surface area contributed by atoms with E-state index in [4.69, 9.17) is 0 Å². The molecular weight excluding hydrogens is 236 g/mol. The molecule has 0 saturated carbocycles. The molecule has 0 bridgehead atoms. The molecule has 19 heavy (non-hydrogen) atoms. The highest BCUT2D eigenvalue weighted by Gasteiger charge is 2.12. The van der Waals surface area contributed by atoms with Gasteiger partial charge in [-0.1, -0.05) is 36.4 Å². The lowest BCUT2D eigenvalue weighted by Gasteiger charge is -2.11. The van der Waals surface area contributed by atoms with Crippen molar-refractivity contribution in [2.75, 3.05) is 0 Å². The van der Waals surface area contributed by atoms with E-state index in [2.05, 4.69) is 19.1 Å². The summed E-state index contributed by atoms with van der Waals surface area (Å²) in [5, 5.41) is 13.5. The smallest absolute Gasteiger partial charge is 0.336 e. The third-order valence-corrected chi connectivity index (χ3v) is 3.67. The summed E-state index contributed by atoms with van der Waals surface area (Å²) in [5.74, 6) is -0.877. The van der Waals surface area contributed by atoms with Crippen LogP contribution in [0.15, 0.2) is 42.5 Å². The summed E-state index contributed by atoms with van der Waals surface area (Å²) < 4.78 is 0. The molecule has 0 aromatic heterocycles. The van der Waals surface area contributed by atoms with Crippen molar-refractivity contribution in [1.29, 1.82) is 0 Å². The Balaban J connectivity index is 2.62. The molecule has 0 atom stereocenters. The number of hydrogen-bond donors (Lipinski definition) is 1. The Morgan fingerprint density at radius 1 is 0.895 bits per heavy atom. The third kappa shape index (κ3) is 1.68. The standard InChI is InChI=1S/C17H14O2/c1-10-4-3-5-12-7-9-13-14(17(18)19)8-6-11(2)16(13)15(10)12/h3-9H,1-2H3,(H,18,19). The Hall–Kier alpha value is -2.35. The van der Waals surface area contributed by atoms with Gasteiger partial charge in [0.25, 0.3) is 0 Å². The summed E-state index contributed by atoms with van der Waals surface area (Å²) in [5.41, 5.74) is 2.65. The Morgan fingerprint density at radius 2 is 1.63 bits per heavy atom. The molecule has 0 heterocycles. The van der Waals surface area contributed by atoms with Crippen molar-refractivity contribution in [1.82, 2.24) is 0 Å². The number of aryl methyl sites for hydroxylation is 2. The van der Waals surface area contributed by atoms with Crippen molar-refractivity contribution in [2.24, 2.45) is 0 Å². The van der Waals surface area contributed by atoms with Gasteiger partial charge in [-0.15, -0.1) is 0 Å². The molecule has 0 aliphatic carbocycles. The highest BCUT2D eigenvalue weighted by molar-refractivity contribution is 6.16. The van der Waals surface area contributed by atoms with Crippen molar-refractivity contribution in [3.8, 4) is 0 Å². The molecule has 0 spiro atoms. The molecule has 0 aliphatic heterocycles. The van der Waals surface area contributed by atoms with Gasteiger partial charge in [-0.25, -0.2) is 4.79 Å². The van der Waals surface area contributed by atoms with Gasteiger partial charge < -0.3 is 5.11 Å². The molecule has 0 radical (unpaired) electrons. The summed E-state index contributed by atoms with van der Waals surface area (Å²) in [6.07, 6.45) is 0. The SMILES string of the molecule is Cc1cccc2ccc3c(C(=O)O)ccc(C)c3c12. The first-order valence-electron chi connectivity index (χ1n) is 6.24. The fourth-order valence-corrected chi connectivity index (χ4v) is 2.76. The van der Waals surface area contributed by atoms with E-state index in [0.29, 0.717) is 5.56 Å². The van der Waals surface area contributed by atoms with Crippen LogP contribution in [0.3, 0.4) is 0 Å². The number of fused-ring (bicyclic) bond motifs is 3. The van der Waals surface area contributed by atoms with Crippen LogP contribution in [0.1, 0.15) is 21.5 Å². The maximum Gasteiger partial charge on any atom is 0.336 e. The van der Waals surface area contributed by atoms with Crippen LogP contribution in [0.4, 0.5) is 0 Å². The summed E-state index contributed by atoms with van der Waals surface area (Å²) in [4.78, 5) is 11.3. The van der Waals surface area contributed by atoms with Crippen molar-refractivity contribution in [3.63, 3.8) is 0 Å². The zero-order valence-corrected chi connectivity index (χ0v) is 10.9. The second-order valence-electron chi connectivity index (χ2n) is 4.90. The maximum atomic E-state index is 11.3. The number of rotatable bonds is 1. The van der Waals surface area contributed by atoms with Crippen molar-refractivity contribution in [3.05, 3.63) is 59.2 Å². The zero-order valence-electron chi connectivity index (χ0n) is 10.9. The molecule has 0 unspecified atom stereocenters. The van der Waals surface area contributed by atoms with E-state index in [1.807, 2.05) is 31.2 Å². The largest absolute Gasteiger partial charge is 0.478 e. The van der Waals surface area contributed by atoms with Crippen LogP contribution in [0.25, 0.3) is 21.5 Å². The van der Waals surface area contributed by atoms with Gasteiger partial charge >= 0.3 is 5.97 Å². The van der Waals surface area contributed by atoms with Gasteiger partial charge in [-0.05, 0) is 52.6 Å². The number of aromatic carboxylic acids is 1. The second-order valence-corrected chi connectivity index (χ2v) is 4.90. The summed E-state index contributed by atoms with van der Waals surface area (Å²) in [7, 11) is 0. The van der Waals surface area contributed by atoms with Gasteiger partial charge in [-0.2, -0.15) is 0 Å². The Kier molecular flexibility index (Phi) is 2.53. The Bertz CT molecular complexity index is 816. The summed E-state index contributed by atoms with van der Waals surface area (Å²) in [6, 6.07) is 13.6. The number of carbonyl (C=O) groups is 1. The molecular formula is C17H14O2. The summed E-state index contributed by atoms with van der Waals surface area (Å²) >= 11 is 0. The van der Waals surface area contributed by atoms with Gasteiger partial charge in [0.2, 0.25) is 0 Å². The monoisotopic (exact) mass is 250 g/mol. The van der Waals surface area contributed by atoms with E-state index in [-0.39, 0.29) is 0 Å². The average molecular weight is 250 g/mol. The van der Waals surface area contributed by atoms with Gasteiger partial charge in [0.1, 0.15) is 0 Å². The van der Waals surface area contributed by atoms with Crippen LogP contribution in [-0.4, -0.2) is 11.1 Å². The topological polar surface area (TPSA) is 37.3 Å². The molecule has 0 amide bonds. The van der Waals surface area contributed by atoms with Crippen LogP contribution in [-0.2, 0) is 0 Å². The number of carboxylic acid groups (broad SMARTS) is 1. The predicted molar refractivity (Wildman–Crippen MR) is 77.9 cm³/mol. The van der Waals surface area contributed by atoms with Crippen LogP contribution < -0.4 is 0 Å². The van der Waals surface area contributed by atoms with Crippen molar-refractivity contribution >= 4 is 27.5 Å². The van der Waals surface area contributed by atoms with Gasteiger partial charge in [0.15, 0.2) is 0 Å². The molecule has 3 rings (SSSR count). The van der Waals surface area contributed by atoms with E-state index in [9.17, 15) is 9.90 Å². The number of hydrogen-bond acceptors (Lipinski definition) is 1. The number of benzene rings is 3. The van der Waals surface area contributed by atoms with E-state index < -0.39 is 5.97 Å². The number of carboxylic acids is 1. The Labute approximate surface area is 111 Å². The molecule has 2 nitrogen and oxygen atoms in total. The lowest BCUT2D eigenvalue weighted by molar-refractivity contribution is 0.0699. The molecule has 3 aromatic carbocycles. The third-order valence-electron chi connectivity index (χ3n) is 3.67. The van der Waals surface area contributed by atoms with Crippen molar-refractivity contribution < 1.29 is 9.90 Å². The first-order valence-corrected chi connectivity index (χ1v) is 6.24. The van der Waals surface area contributed by atoms with E-state index in [0.717, 1.165) is 27.1 Å². The van der Waals surface area contributed by atoms with Gasteiger partial charge in [-0.3, -0.25) is 0 Å². The molecule has 3 aromatic rings. The maximum absolute atomic E-state index is 11.3. The van der Waals surface area contributed by atoms with Crippen LogP contribution in [0.5, 0.6) is 0 Å². The van der Waals surface area contributed by atoms with E-state index >= 15 is 0 Å². The van der Waals surface area contributed by atoms with Crippen LogP contribution in [0.2, 0.25) is 0 Å². The van der Waals surface area contributed by atoms with Crippen molar-refractivity contribution in [2.45, 2.75) is 13.8 Å². The second kappa shape index (κ2) is 4.09. The minimum atomic E-state index is -0.877. The molecule has 94 valence electrons. The zero-order chi connectivity index (χ0) is 13.6. The first kappa shape index (κ1) is 11.7. The van der Waals surface area contributed by atoms with E-state index in [1.165, 1.54) is 5.56 Å². The average Bonchev–Trinajstić information content (AvgIpc) is 2.38. The molecule has 0 saturated heterocycles. The minimum Gasteiger partial charge on any atom is -0.478 e. The van der Waals surface area contributed by atoms with E-state index in [1.54, 1.807) is 6.07 Å². The highest BCUT2D eigenvalue weighted by Crippen LogP contribution is 2.32. The molecule has 1 N–H and O–H groups in total. The molecule has 0 aliphatic rings. The first-order chi connectivity index (χ1) is 9.09. The van der Waals surface area contributed by atoms with Gasteiger partial charge in [0.05, 0.1) is 5.56 Å². The minimum absolute atomic E-state index is 0.366. The predicted octanol–water partition coefficient (Wildman–Crippen LogP) is 4.31. The summed E-state index contributed by atoms with van der Waals surface area (Å²) in [6.45, 7) is 4.09. The van der Waals surface area contributed by atoms with Gasteiger partial charge in [0, 0.05) is 0 Å².